The number of aryl methyl sites for hydroxylation is 2. The first kappa shape index (κ1) is 23.7. The highest BCUT2D eigenvalue weighted by Crippen LogP contribution is 2.35. The number of fused-ring (bicyclic) bond motifs is 6. The van der Waals surface area contributed by atoms with E-state index < -0.39 is 0 Å². The summed E-state index contributed by atoms with van der Waals surface area (Å²) in [7, 11) is 5.95. The van der Waals surface area contributed by atoms with Crippen LogP contribution in [0.4, 0.5) is 11.6 Å². The van der Waals surface area contributed by atoms with Crippen molar-refractivity contribution in [1.29, 1.82) is 0 Å². The van der Waals surface area contributed by atoms with Gasteiger partial charge in [-0.1, -0.05) is 0 Å². The molecule has 0 saturated heterocycles. The molecule has 0 unspecified atom stereocenters. The van der Waals surface area contributed by atoms with Gasteiger partial charge in [0, 0.05) is 55.8 Å². The highest BCUT2D eigenvalue weighted by Gasteiger charge is 2.20. The van der Waals surface area contributed by atoms with Gasteiger partial charge in [0.2, 0.25) is 5.88 Å². The number of hydrogen-bond donors (Lipinski definition) is 1. The van der Waals surface area contributed by atoms with E-state index >= 15 is 0 Å². The maximum absolute atomic E-state index is 6.44. The lowest BCUT2D eigenvalue weighted by Crippen LogP contribution is -2.18. The number of nitrogens with one attached hydrogen (secondary N) is 1. The fraction of sp³-hybridized carbons (Fsp3) is 0.400. The van der Waals surface area contributed by atoms with Crippen LogP contribution in [0.5, 0.6) is 11.6 Å². The van der Waals surface area contributed by atoms with Crippen LogP contribution in [0.25, 0.3) is 22.5 Å². The van der Waals surface area contributed by atoms with Gasteiger partial charge in [-0.25, -0.2) is 19.6 Å². The van der Waals surface area contributed by atoms with Crippen LogP contribution in [-0.4, -0.2) is 72.8 Å². The Balaban J connectivity index is 1.52. The number of anilines is 2. The minimum atomic E-state index is -0.100. The van der Waals surface area contributed by atoms with Crippen molar-refractivity contribution in [3.8, 4) is 34.1 Å². The number of nitrogens with zero attached hydrogens (tertiary/aromatic N) is 8. The standard InChI is InChI=1S/C25H31N9O2/c1-16-7-11-35-25-19(14-28-33(25)5)24-26-8-6-22(30-24)29-23-12-21(36-16)18(13-27-23)20-15-34(31-17(20)2)10-9-32(3)4/h6,8,12-16H,7,9-11H2,1-5H3,(H,26,27,29,30)/t16-/m0/s1. The molecule has 0 saturated carbocycles. The molecule has 1 aliphatic rings. The van der Waals surface area contributed by atoms with Crippen molar-refractivity contribution in [2.75, 3.05) is 32.6 Å². The first-order valence-corrected chi connectivity index (χ1v) is 12.0. The minimum Gasteiger partial charge on any atom is -0.490 e. The van der Waals surface area contributed by atoms with Gasteiger partial charge in [-0.3, -0.25) is 4.68 Å². The third kappa shape index (κ3) is 5.01. The fourth-order valence-corrected chi connectivity index (χ4v) is 4.04. The molecule has 5 heterocycles. The van der Waals surface area contributed by atoms with Gasteiger partial charge < -0.3 is 19.7 Å². The Morgan fingerprint density at radius 1 is 1.14 bits per heavy atom. The lowest BCUT2D eigenvalue weighted by molar-refractivity contribution is 0.173. The van der Waals surface area contributed by atoms with Gasteiger partial charge in [0.05, 0.1) is 31.1 Å². The molecule has 0 radical (unpaired) electrons. The van der Waals surface area contributed by atoms with Gasteiger partial charge in [-0.05, 0) is 34.0 Å². The van der Waals surface area contributed by atoms with Crippen molar-refractivity contribution < 1.29 is 9.47 Å². The summed E-state index contributed by atoms with van der Waals surface area (Å²) in [6.45, 7) is 6.21. The van der Waals surface area contributed by atoms with Gasteiger partial charge in [-0.2, -0.15) is 10.2 Å². The maximum Gasteiger partial charge on any atom is 0.222 e. The summed E-state index contributed by atoms with van der Waals surface area (Å²) >= 11 is 0. The molecule has 0 amide bonds. The molecule has 188 valence electrons. The molecule has 1 aliphatic heterocycles. The smallest absolute Gasteiger partial charge is 0.222 e. The Labute approximate surface area is 210 Å². The van der Waals surface area contributed by atoms with E-state index in [9.17, 15) is 0 Å². The van der Waals surface area contributed by atoms with Gasteiger partial charge in [0.15, 0.2) is 5.82 Å². The summed E-state index contributed by atoms with van der Waals surface area (Å²) in [6, 6.07) is 3.70. The average molecular weight is 490 g/mol. The van der Waals surface area contributed by atoms with Gasteiger partial charge in [0.1, 0.15) is 22.9 Å². The number of pyridine rings is 1. The van der Waals surface area contributed by atoms with E-state index in [1.54, 1.807) is 23.1 Å². The van der Waals surface area contributed by atoms with Gasteiger partial charge >= 0.3 is 0 Å². The quantitative estimate of drug-likeness (QED) is 0.462. The Bertz CT molecular complexity index is 1360. The number of rotatable bonds is 4. The van der Waals surface area contributed by atoms with Crippen molar-refractivity contribution in [2.24, 2.45) is 7.05 Å². The lowest BCUT2D eigenvalue weighted by Gasteiger charge is -2.19. The van der Waals surface area contributed by atoms with E-state index in [0.717, 1.165) is 41.2 Å². The molecule has 0 aliphatic carbocycles. The van der Waals surface area contributed by atoms with E-state index in [-0.39, 0.29) is 6.10 Å². The molecule has 4 bridgehead atoms. The average Bonchev–Trinajstić information content (AvgIpc) is 3.40. The zero-order valence-electron chi connectivity index (χ0n) is 21.3. The largest absolute Gasteiger partial charge is 0.490 e. The number of likely N-dealkylation sites (N-methyl/N-ethyl adjacent to an activating group) is 1. The number of aromatic nitrogens is 7. The minimum absolute atomic E-state index is 0.100. The molecule has 0 aromatic carbocycles. The Morgan fingerprint density at radius 3 is 2.83 bits per heavy atom. The Hall–Kier alpha value is -3.99. The van der Waals surface area contributed by atoms with E-state index in [1.807, 2.05) is 37.8 Å². The monoisotopic (exact) mass is 489 g/mol. The highest BCUT2D eigenvalue weighted by atomic mass is 16.5. The van der Waals surface area contributed by atoms with E-state index in [4.69, 9.17) is 14.6 Å². The summed E-state index contributed by atoms with van der Waals surface area (Å²) in [6.07, 6.45) is 7.88. The van der Waals surface area contributed by atoms with Crippen LogP contribution >= 0.6 is 0 Å². The predicted octanol–water partition coefficient (Wildman–Crippen LogP) is 3.30. The maximum atomic E-state index is 6.44. The molecule has 0 spiro atoms. The van der Waals surface area contributed by atoms with Crippen molar-refractivity contribution in [3.05, 3.63) is 42.6 Å². The SMILES string of the molecule is Cc1nn(CCN(C)C)cc1-c1cnc2cc1O[C@@H](C)CCOc1c(cnn1C)-c1nccc(n1)N2. The van der Waals surface area contributed by atoms with Crippen LogP contribution in [0.1, 0.15) is 19.0 Å². The summed E-state index contributed by atoms with van der Waals surface area (Å²) in [4.78, 5) is 15.9. The molecule has 4 aromatic heterocycles. The van der Waals surface area contributed by atoms with Crippen LogP contribution in [0.2, 0.25) is 0 Å². The molecular formula is C25H31N9O2. The second-order valence-corrected chi connectivity index (χ2v) is 9.20. The van der Waals surface area contributed by atoms with E-state index in [2.05, 4.69) is 50.6 Å². The van der Waals surface area contributed by atoms with Gasteiger partial charge in [0.25, 0.3) is 0 Å². The third-order valence-corrected chi connectivity index (χ3v) is 6.01. The number of hydrogen-bond acceptors (Lipinski definition) is 9. The Morgan fingerprint density at radius 2 is 2.00 bits per heavy atom. The molecule has 1 atom stereocenters. The van der Waals surface area contributed by atoms with E-state index in [1.165, 1.54) is 0 Å². The van der Waals surface area contributed by atoms with Crippen molar-refractivity contribution in [2.45, 2.75) is 32.9 Å². The van der Waals surface area contributed by atoms with E-state index in [0.29, 0.717) is 36.4 Å². The predicted molar refractivity (Wildman–Crippen MR) is 136 cm³/mol. The van der Waals surface area contributed by atoms with Crippen LogP contribution in [0, 0.1) is 6.92 Å². The molecule has 11 nitrogen and oxygen atoms in total. The molecule has 5 rings (SSSR count). The zero-order chi connectivity index (χ0) is 25.2. The van der Waals surface area contributed by atoms with Crippen molar-refractivity contribution in [3.63, 3.8) is 0 Å². The van der Waals surface area contributed by atoms with Crippen molar-refractivity contribution in [1.82, 2.24) is 39.4 Å². The first-order chi connectivity index (χ1) is 17.4. The van der Waals surface area contributed by atoms with Crippen molar-refractivity contribution >= 4 is 11.6 Å². The van der Waals surface area contributed by atoms with Crippen LogP contribution in [0.15, 0.2) is 36.9 Å². The first-order valence-electron chi connectivity index (χ1n) is 12.0. The second-order valence-electron chi connectivity index (χ2n) is 9.20. The summed E-state index contributed by atoms with van der Waals surface area (Å²) in [5, 5.41) is 12.3. The topological polar surface area (TPSA) is 108 Å². The highest BCUT2D eigenvalue weighted by molar-refractivity contribution is 5.73. The molecule has 36 heavy (non-hydrogen) atoms. The summed E-state index contributed by atoms with van der Waals surface area (Å²) in [5.74, 6) is 3.11. The summed E-state index contributed by atoms with van der Waals surface area (Å²) in [5.41, 5.74) is 3.55. The van der Waals surface area contributed by atoms with Gasteiger partial charge in [-0.15, -0.1) is 0 Å². The lowest BCUT2D eigenvalue weighted by atomic mass is 10.1. The summed E-state index contributed by atoms with van der Waals surface area (Å²) < 4.78 is 16.2. The zero-order valence-corrected chi connectivity index (χ0v) is 21.3. The normalized spacial score (nSPS) is 15.4. The fourth-order valence-electron chi connectivity index (χ4n) is 4.04. The van der Waals surface area contributed by atoms with Crippen LogP contribution in [0.3, 0.4) is 0 Å². The molecule has 4 aromatic rings. The van der Waals surface area contributed by atoms with Crippen LogP contribution in [-0.2, 0) is 13.6 Å². The molecule has 11 heteroatoms. The second kappa shape index (κ2) is 9.94. The molecule has 0 fully saturated rings. The Kier molecular flexibility index (Phi) is 6.55. The molecular weight excluding hydrogens is 458 g/mol. The van der Waals surface area contributed by atoms with Crippen LogP contribution < -0.4 is 14.8 Å². The number of ether oxygens (including phenoxy) is 2. The molecule has 1 N–H and O–H groups in total. The third-order valence-electron chi connectivity index (χ3n) is 6.01.